The van der Waals surface area contributed by atoms with Crippen molar-refractivity contribution in [2.24, 2.45) is 0 Å². The van der Waals surface area contributed by atoms with Gasteiger partial charge in [-0.1, -0.05) is 61.6 Å². The van der Waals surface area contributed by atoms with Crippen molar-refractivity contribution in [3.8, 4) is 5.13 Å². The Labute approximate surface area is 167 Å². The molecule has 0 radical (unpaired) electrons. The van der Waals surface area contributed by atoms with Crippen LogP contribution in [0.2, 0.25) is 0 Å². The number of carbonyl (C=O) groups excluding carboxylic acids is 1. The minimum Gasteiger partial charge on any atom is -0.310 e. The number of rotatable bonds is 3. The first-order chi connectivity index (χ1) is 13.6. The van der Waals surface area contributed by atoms with E-state index >= 15 is 0 Å². The van der Waals surface area contributed by atoms with Gasteiger partial charge in [-0.3, -0.25) is 4.79 Å². The Morgan fingerprint density at radius 2 is 1.93 bits per heavy atom. The van der Waals surface area contributed by atoms with Gasteiger partial charge in [0.15, 0.2) is 0 Å². The fraction of sp³-hybridized carbons (Fsp3) is 0.227. The van der Waals surface area contributed by atoms with Gasteiger partial charge in [0.05, 0.1) is 16.4 Å². The zero-order valence-corrected chi connectivity index (χ0v) is 16.5. The summed E-state index contributed by atoms with van der Waals surface area (Å²) in [5.74, 6) is 1.23. The van der Waals surface area contributed by atoms with E-state index in [9.17, 15) is 4.79 Å². The monoisotopic (exact) mass is 388 g/mol. The second-order valence-electron chi connectivity index (χ2n) is 7.45. The fourth-order valence-electron chi connectivity index (χ4n) is 3.73. The zero-order valence-electron chi connectivity index (χ0n) is 15.7. The van der Waals surface area contributed by atoms with Gasteiger partial charge in [-0.15, -0.1) is 0 Å². The minimum atomic E-state index is 0.00749. The number of hydrogen-bond donors (Lipinski definition) is 1. The molecule has 0 saturated heterocycles. The lowest BCUT2D eigenvalue weighted by molar-refractivity contribution is -0.116. The molecule has 0 bridgehead atoms. The number of para-hydroxylation sites is 1. The third kappa shape index (κ3) is 2.81. The topological polar surface area (TPSA) is 59.8 Å². The summed E-state index contributed by atoms with van der Waals surface area (Å²) < 4.78 is 2.86. The van der Waals surface area contributed by atoms with E-state index in [0.717, 1.165) is 32.3 Å². The Hall–Kier alpha value is -2.99. The van der Waals surface area contributed by atoms with Crippen LogP contribution in [0.1, 0.15) is 48.8 Å². The van der Waals surface area contributed by atoms with Gasteiger partial charge in [0.1, 0.15) is 5.82 Å². The molecule has 0 spiro atoms. The number of nitrogens with zero attached hydrogens (tertiary/aromatic N) is 3. The fourth-order valence-corrected chi connectivity index (χ4v) is 4.66. The lowest BCUT2D eigenvalue weighted by atomic mass is 9.86. The van der Waals surface area contributed by atoms with E-state index in [1.54, 1.807) is 16.0 Å². The molecule has 1 amide bonds. The summed E-state index contributed by atoms with van der Waals surface area (Å²) in [6.45, 7) is 4.37. The molecule has 1 aliphatic heterocycles. The molecule has 28 heavy (non-hydrogen) atoms. The average molecular weight is 388 g/mol. The molecular weight excluding hydrogens is 368 g/mol. The summed E-state index contributed by atoms with van der Waals surface area (Å²) in [5, 5.41) is 8.34. The number of thiazole rings is 1. The number of aromatic nitrogens is 3. The standard InChI is InChI=1S/C22H20N4OS/c1-13(2)14-7-9-15(10-8-14)16-11-20(27)25-21-17(16)12-23-26(21)22-24-18-5-3-4-6-19(18)28-22/h3-10,12-13,16H,11H2,1-2H3,(H,25,27)/t16-/m0/s1. The van der Waals surface area contributed by atoms with E-state index in [1.165, 1.54) is 5.56 Å². The van der Waals surface area contributed by atoms with Gasteiger partial charge >= 0.3 is 0 Å². The van der Waals surface area contributed by atoms with Crippen LogP contribution in [0.4, 0.5) is 5.82 Å². The Kier molecular flexibility index (Phi) is 4.02. The molecule has 140 valence electrons. The van der Waals surface area contributed by atoms with E-state index < -0.39 is 0 Å². The number of anilines is 1. The number of amides is 1. The number of benzene rings is 2. The molecular formula is C22H20N4OS. The van der Waals surface area contributed by atoms with Crippen LogP contribution in [0.5, 0.6) is 0 Å². The van der Waals surface area contributed by atoms with Crippen LogP contribution in [0.15, 0.2) is 54.7 Å². The van der Waals surface area contributed by atoms with Crippen molar-refractivity contribution in [1.82, 2.24) is 14.8 Å². The molecule has 4 aromatic rings. The maximum absolute atomic E-state index is 12.5. The highest BCUT2D eigenvalue weighted by Gasteiger charge is 2.31. The van der Waals surface area contributed by atoms with E-state index in [2.05, 4.69) is 53.5 Å². The Morgan fingerprint density at radius 3 is 2.68 bits per heavy atom. The predicted molar refractivity (Wildman–Crippen MR) is 112 cm³/mol. The van der Waals surface area contributed by atoms with Crippen LogP contribution >= 0.6 is 11.3 Å². The van der Waals surface area contributed by atoms with Crippen LogP contribution in [0.25, 0.3) is 15.3 Å². The van der Waals surface area contributed by atoms with E-state index in [4.69, 9.17) is 0 Å². The molecule has 0 aliphatic carbocycles. The molecule has 0 unspecified atom stereocenters. The summed E-state index contributed by atoms with van der Waals surface area (Å²) in [6.07, 6.45) is 2.29. The minimum absolute atomic E-state index is 0.00749. The second-order valence-corrected chi connectivity index (χ2v) is 8.46. The SMILES string of the molecule is CC(C)c1ccc([C@@H]2CC(=O)Nc3c2cnn3-c2nc3ccccc3s2)cc1. The molecule has 1 N–H and O–H groups in total. The maximum atomic E-state index is 12.5. The van der Waals surface area contributed by atoms with Crippen LogP contribution in [0.3, 0.4) is 0 Å². The summed E-state index contributed by atoms with van der Waals surface area (Å²) in [7, 11) is 0. The van der Waals surface area contributed by atoms with Crippen molar-refractivity contribution in [2.75, 3.05) is 5.32 Å². The van der Waals surface area contributed by atoms with Crippen LogP contribution < -0.4 is 5.32 Å². The number of fused-ring (bicyclic) bond motifs is 2. The summed E-state index contributed by atoms with van der Waals surface area (Å²) in [5.41, 5.74) is 4.42. The van der Waals surface area contributed by atoms with Crippen LogP contribution in [-0.4, -0.2) is 20.7 Å². The third-order valence-corrected chi connectivity index (χ3v) is 6.30. The largest absolute Gasteiger partial charge is 0.310 e. The lowest BCUT2D eigenvalue weighted by Gasteiger charge is -2.23. The first-order valence-corrected chi connectivity index (χ1v) is 10.3. The van der Waals surface area contributed by atoms with E-state index in [-0.39, 0.29) is 11.8 Å². The van der Waals surface area contributed by atoms with Crippen molar-refractivity contribution < 1.29 is 4.79 Å². The smallest absolute Gasteiger partial charge is 0.226 e. The summed E-state index contributed by atoms with van der Waals surface area (Å²) in [6, 6.07) is 16.6. The molecule has 2 aromatic heterocycles. The van der Waals surface area contributed by atoms with E-state index in [0.29, 0.717) is 12.3 Å². The molecule has 5 nitrogen and oxygen atoms in total. The molecule has 6 heteroatoms. The summed E-state index contributed by atoms with van der Waals surface area (Å²) >= 11 is 1.57. The highest BCUT2D eigenvalue weighted by atomic mass is 32.1. The van der Waals surface area contributed by atoms with Crippen LogP contribution in [-0.2, 0) is 4.79 Å². The highest BCUT2D eigenvalue weighted by Crippen LogP contribution is 2.39. The quantitative estimate of drug-likeness (QED) is 0.532. The van der Waals surface area contributed by atoms with Crippen molar-refractivity contribution in [3.05, 3.63) is 71.4 Å². The van der Waals surface area contributed by atoms with Crippen molar-refractivity contribution in [3.63, 3.8) is 0 Å². The van der Waals surface area contributed by atoms with E-state index in [1.807, 2.05) is 30.5 Å². The van der Waals surface area contributed by atoms with Gasteiger partial charge in [0, 0.05) is 17.9 Å². The lowest BCUT2D eigenvalue weighted by Crippen LogP contribution is -2.24. The first-order valence-electron chi connectivity index (χ1n) is 9.43. The van der Waals surface area contributed by atoms with Gasteiger partial charge in [-0.25, -0.2) is 4.98 Å². The number of nitrogens with one attached hydrogen (secondary N) is 1. The molecule has 0 saturated carbocycles. The molecule has 0 fully saturated rings. The predicted octanol–water partition coefficient (Wildman–Crippen LogP) is 5.08. The van der Waals surface area contributed by atoms with Crippen molar-refractivity contribution >= 4 is 33.3 Å². The highest BCUT2D eigenvalue weighted by molar-refractivity contribution is 7.20. The number of hydrogen-bond acceptors (Lipinski definition) is 4. The molecule has 5 rings (SSSR count). The van der Waals surface area contributed by atoms with Gasteiger partial charge in [-0.2, -0.15) is 9.78 Å². The van der Waals surface area contributed by atoms with Gasteiger partial charge in [0.25, 0.3) is 0 Å². The third-order valence-electron chi connectivity index (χ3n) is 5.29. The summed E-state index contributed by atoms with van der Waals surface area (Å²) in [4.78, 5) is 17.2. The van der Waals surface area contributed by atoms with Gasteiger partial charge in [0.2, 0.25) is 11.0 Å². The number of carbonyl (C=O) groups is 1. The van der Waals surface area contributed by atoms with Crippen molar-refractivity contribution in [2.45, 2.75) is 32.1 Å². The molecule has 1 atom stereocenters. The first kappa shape index (κ1) is 17.1. The normalized spacial score (nSPS) is 16.4. The Morgan fingerprint density at radius 1 is 1.14 bits per heavy atom. The molecule has 3 heterocycles. The second kappa shape index (κ2) is 6.56. The van der Waals surface area contributed by atoms with Gasteiger partial charge in [-0.05, 0) is 29.2 Å². The Bertz CT molecular complexity index is 1140. The maximum Gasteiger partial charge on any atom is 0.226 e. The van der Waals surface area contributed by atoms with Crippen molar-refractivity contribution in [1.29, 1.82) is 0 Å². The van der Waals surface area contributed by atoms with Gasteiger partial charge < -0.3 is 5.32 Å². The average Bonchev–Trinajstić information content (AvgIpc) is 3.31. The molecule has 1 aliphatic rings. The zero-order chi connectivity index (χ0) is 19.3. The molecule has 2 aromatic carbocycles. The van der Waals surface area contributed by atoms with Crippen LogP contribution in [0, 0.1) is 0 Å². The Balaban J connectivity index is 1.57.